The van der Waals surface area contributed by atoms with Crippen LogP contribution in [-0.4, -0.2) is 17.1 Å². The maximum Gasteiger partial charge on any atom is 0.205 e. The maximum atomic E-state index is 6.14. The van der Waals surface area contributed by atoms with Crippen LogP contribution >= 0.6 is 22.9 Å². The molecule has 6 heteroatoms. The van der Waals surface area contributed by atoms with Crippen LogP contribution in [0.3, 0.4) is 0 Å². The molecule has 0 amide bonds. The molecular formula is C14H16ClN3OS. The number of halogens is 1. The molecule has 2 N–H and O–H groups in total. The van der Waals surface area contributed by atoms with Gasteiger partial charge in [-0.15, -0.1) is 11.3 Å². The normalized spacial score (nSPS) is 10.3. The van der Waals surface area contributed by atoms with E-state index in [1.54, 1.807) is 7.11 Å². The van der Waals surface area contributed by atoms with Crippen LogP contribution in [0.4, 0.5) is 11.6 Å². The number of aromatic nitrogens is 2. The second kappa shape index (κ2) is 5.73. The van der Waals surface area contributed by atoms with E-state index in [2.05, 4.69) is 15.3 Å². The zero-order chi connectivity index (χ0) is 13.4. The fourth-order valence-electron chi connectivity index (χ4n) is 1.85. The molecule has 0 spiro atoms. The SMILES string of the molecule is C.COc1ccc2nc(Nc3c(C)csc3Cl)[nH]c2c1. The molecule has 0 saturated carbocycles. The Morgan fingerprint density at radius 2 is 2.20 bits per heavy atom. The molecule has 0 bridgehead atoms. The lowest BCUT2D eigenvalue weighted by atomic mass is 10.3. The molecule has 0 aliphatic heterocycles. The highest BCUT2D eigenvalue weighted by Gasteiger charge is 2.10. The maximum absolute atomic E-state index is 6.14. The predicted octanol–water partition coefficient (Wildman–Crippen LogP) is 4.97. The smallest absolute Gasteiger partial charge is 0.205 e. The van der Waals surface area contributed by atoms with Crippen molar-refractivity contribution in [2.75, 3.05) is 12.4 Å². The van der Waals surface area contributed by atoms with Gasteiger partial charge < -0.3 is 15.0 Å². The van der Waals surface area contributed by atoms with Crippen molar-refractivity contribution in [1.82, 2.24) is 9.97 Å². The lowest BCUT2D eigenvalue weighted by Gasteiger charge is -2.01. The number of hydrogen-bond donors (Lipinski definition) is 2. The monoisotopic (exact) mass is 309 g/mol. The molecule has 2 aromatic heterocycles. The summed E-state index contributed by atoms with van der Waals surface area (Å²) in [7, 11) is 1.64. The molecule has 0 radical (unpaired) electrons. The molecule has 106 valence electrons. The van der Waals surface area contributed by atoms with E-state index >= 15 is 0 Å². The summed E-state index contributed by atoms with van der Waals surface area (Å²) in [5, 5.41) is 5.23. The molecule has 4 nitrogen and oxygen atoms in total. The van der Waals surface area contributed by atoms with Gasteiger partial charge in [0.2, 0.25) is 5.95 Å². The van der Waals surface area contributed by atoms with Gasteiger partial charge in [-0.2, -0.15) is 0 Å². The highest BCUT2D eigenvalue weighted by molar-refractivity contribution is 7.15. The lowest BCUT2D eigenvalue weighted by molar-refractivity contribution is 0.415. The van der Waals surface area contributed by atoms with Crippen LogP contribution in [0.2, 0.25) is 4.34 Å². The van der Waals surface area contributed by atoms with Gasteiger partial charge in [0, 0.05) is 6.07 Å². The number of fused-ring (bicyclic) bond motifs is 1. The van der Waals surface area contributed by atoms with Crippen LogP contribution in [0, 0.1) is 6.92 Å². The van der Waals surface area contributed by atoms with E-state index in [1.807, 2.05) is 30.5 Å². The first kappa shape index (κ1) is 14.7. The first-order valence-corrected chi connectivity index (χ1v) is 6.97. The third-order valence-corrected chi connectivity index (χ3v) is 4.20. The number of benzene rings is 1. The van der Waals surface area contributed by atoms with Crippen molar-refractivity contribution in [2.45, 2.75) is 14.4 Å². The zero-order valence-corrected chi connectivity index (χ0v) is 12.0. The van der Waals surface area contributed by atoms with Gasteiger partial charge in [0.15, 0.2) is 0 Å². The van der Waals surface area contributed by atoms with Crippen molar-refractivity contribution in [3.63, 3.8) is 0 Å². The Hall–Kier alpha value is -1.72. The van der Waals surface area contributed by atoms with Gasteiger partial charge >= 0.3 is 0 Å². The highest BCUT2D eigenvalue weighted by atomic mass is 35.5. The van der Waals surface area contributed by atoms with Gasteiger partial charge in [0.25, 0.3) is 0 Å². The number of ether oxygens (including phenoxy) is 1. The van der Waals surface area contributed by atoms with Gasteiger partial charge in [-0.3, -0.25) is 0 Å². The summed E-state index contributed by atoms with van der Waals surface area (Å²) in [4.78, 5) is 7.68. The average Bonchev–Trinajstić information content (AvgIpc) is 2.95. The number of aryl methyl sites for hydroxylation is 1. The van der Waals surface area contributed by atoms with Gasteiger partial charge in [0.05, 0.1) is 23.8 Å². The minimum absolute atomic E-state index is 0. The zero-order valence-electron chi connectivity index (χ0n) is 10.5. The number of rotatable bonds is 3. The number of methoxy groups -OCH3 is 1. The van der Waals surface area contributed by atoms with E-state index in [1.165, 1.54) is 11.3 Å². The quantitative estimate of drug-likeness (QED) is 0.717. The predicted molar refractivity (Wildman–Crippen MR) is 86.7 cm³/mol. The van der Waals surface area contributed by atoms with Gasteiger partial charge in [0.1, 0.15) is 10.1 Å². The van der Waals surface area contributed by atoms with Crippen LogP contribution < -0.4 is 10.1 Å². The van der Waals surface area contributed by atoms with Crippen molar-refractivity contribution in [2.24, 2.45) is 0 Å². The summed E-state index contributed by atoms with van der Waals surface area (Å²) in [6.45, 7) is 2.01. The Bertz CT molecular complexity index is 716. The number of aromatic amines is 1. The van der Waals surface area contributed by atoms with Crippen LogP contribution in [0.25, 0.3) is 11.0 Å². The summed E-state index contributed by atoms with van der Waals surface area (Å²) in [5.41, 5.74) is 3.81. The van der Waals surface area contributed by atoms with Crippen LogP contribution in [0.15, 0.2) is 23.6 Å². The molecule has 0 unspecified atom stereocenters. The Kier molecular flexibility index (Phi) is 4.20. The lowest BCUT2D eigenvalue weighted by Crippen LogP contribution is -1.92. The summed E-state index contributed by atoms with van der Waals surface area (Å²) in [5.74, 6) is 1.47. The van der Waals surface area contributed by atoms with E-state index in [-0.39, 0.29) is 7.43 Å². The highest BCUT2D eigenvalue weighted by Crippen LogP contribution is 2.34. The van der Waals surface area contributed by atoms with E-state index < -0.39 is 0 Å². The summed E-state index contributed by atoms with van der Waals surface area (Å²) >= 11 is 7.64. The number of imidazole rings is 1. The molecule has 0 saturated heterocycles. The first-order valence-electron chi connectivity index (χ1n) is 5.72. The second-order valence-electron chi connectivity index (χ2n) is 4.16. The first-order chi connectivity index (χ1) is 9.17. The second-order valence-corrected chi connectivity index (χ2v) is 5.64. The Morgan fingerprint density at radius 3 is 2.85 bits per heavy atom. The Balaban J connectivity index is 0.00000147. The Morgan fingerprint density at radius 1 is 1.40 bits per heavy atom. The minimum atomic E-state index is 0. The van der Waals surface area contributed by atoms with Crippen molar-refractivity contribution >= 4 is 45.6 Å². The van der Waals surface area contributed by atoms with E-state index in [0.717, 1.165) is 32.4 Å². The summed E-state index contributed by atoms with van der Waals surface area (Å²) < 4.78 is 5.92. The largest absolute Gasteiger partial charge is 0.497 e. The molecule has 3 aromatic rings. The fraction of sp³-hybridized carbons (Fsp3) is 0.214. The molecule has 0 atom stereocenters. The summed E-state index contributed by atoms with van der Waals surface area (Å²) in [6.07, 6.45) is 0. The van der Waals surface area contributed by atoms with Gasteiger partial charge in [-0.25, -0.2) is 4.98 Å². The summed E-state index contributed by atoms with van der Waals surface area (Å²) in [6, 6.07) is 5.71. The van der Waals surface area contributed by atoms with Crippen LogP contribution in [0.5, 0.6) is 5.75 Å². The van der Waals surface area contributed by atoms with Crippen molar-refractivity contribution < 1.29 is 4.74 Å². The van der Waals surface area contributed by atoms with E-state index in [4.69, 9.17) is 16.3 Å². The molecule has 0 aliphatic rings. The molecule has 1 aromatic carbocycles. The van der Waals surface area contributed by atoms with Gasteiger partial charge in [-0.1, -0.05) is 19.0 Å². The van der Waals surface area contributed by atoms with Gasteiger partial charge in [-0.05, 0) is 30.0 Å². The number of hydrogen-bond acceptors (Lipinski definition) is 4. The third-order valence-electron chi connectivity index (χ3n) is 2.86. The number of anilines is 2. The van der Waals surface area contributed by atoms with Crippen molar-refractivity contribution in [3.8, 4) is 5.75 Å². The van der Waals surface area contributed by atoms with Crippen LogP contribution in [0.1, 0.15) is 13.0 Å². The van der Waals surface area contributed by atoms with Crippen molar-refractivity contribution in [1.29, 1.82) is 0 Å². The van der Waals surface area contributed by atoms with E-state index in [9.17, 15) is 0 Å². The third kappa shape index (κ3) is 2.59. The average molecular weight is 310 g/mol. The molecule has 3 rings (SSSR count). The van der Waals surface area contributed by atoms with Crippen molar-refractivity contribution in [3.05, 3.63) is 33.5 Å². The number of nitrogens with one attached hydrogen (secondary N) is 2. The van der Waals surface area contributed by atoms with Crippen LogP contribution in [-0.2, 0) is 0 Å². The van der Waals surface area contributed by atoms with E-state index in [0.29, 0.717) is 5.95 Å². The number of H-pyrrole nitrogens is 1. The molecule has 0 aliphatic carbocycles. The Labute approximate surface area is 126 Å². The molecule has 2 heterocycles. The molecule has 20 heavy (non-hydrogen) atoms. The topological polar surface area (TPSA) is 49.9 Å². The number of nitrogens with zero attached hydrogens (tertiary/aromatic N) is 1. The molecule has 0 fully saturated rings. The molecular weight excluding hydrogens is 294 g/mol. The standard InChI is InChI=1S/C13H12ClN3OS.CH4/c1-7-6-19-12(14)11(7)17-13-15-9-4-3-8(18-2)5-10(9)16-13;/h3-6H,1-2H3,(H2,15,16,17);1H4. The minimum Gasteiger partial charge on any atom is -0.497 e. The fourth-order valence-corrected chi connectivity index (χ4v) is 2.91. The number of thiophene rings is 1.